The third-order valence-corrected chi connectivity index (χ3v) is 4.47. The summed E-state index contributed by atoms with van der Waals surface area (Å²) in [6.07, 6.45) is 0.709. The van der Waals surface area contributed by atoms with E-state index in [9.17, 15) is 9.90 Å². The Morgan fingerprint density at radius 2 is 2.20 bits per heavy atom. The van der Waals surface area contributed by atoms with Crippen LogP contribution < -0.4 is 0 Å². The first-order valence-corrected chi connectivity index (χ1v) is 7.05. The Bertz CT molecular complexity index is 600. The highest BCUT2D eigenvalue weighted by Crippen LogP contribution is 2.34. The van der Waals surface area contributed by atoms with E-state index in [1.807, 2.05) is 31.2 Å². The number of carboxylic acids is 1. The van der Waals surface area contributed by atoms with Crippen LogP contribution >= 0.6 is 0 Å². The number of fused-ring (bicyclic) bond motifs is 1. The number of para-hydroxylation sites is 1. The standard InChI is InChI=1S/C16H19NO3/c1-10-13(16(18)19)7-8-17(10)11(2)15-9-12-5-3-4-6-14(12)20-15/h3-6,9-11,13H,7-8H2,1-2H3,(H,18,19). The summed E-state index contributed by atoms with van der Waals surface area (Å²) in [6.45, 7) is 4.87. The Balaban J connectivity index is 1.85. The Hall–Kier alpha value is -1.81. The van der Waals surface area contributed by atoms with Gasteiger partial charge in [0.1, 0.15) is 11.3 Å². The summed E-state index contributed by atoms with van der Waals surface area (Å²) in [5.74, 6) is -0.0669. The number of carboxylic acid groups (broad SMARTS) is 1. The Kier molecular flexibility index (Phi) is 3.26. The normalized spacial score (nSPS) is 25.1. The van der Waals surface area contributed by atoms with E-state index < -0.39 is 5.97 Å². The maximum atomic E-state index is 11.2. The molecular formula is C16H19NO3. The zero-order valence-corrected chi connectivity index (χ0v) is 11.7. The topological polar surface area (TPSA) is 53.7 Å². The molecule has 3 unspecified atom stereocenters. The molecular weight excluding hydrogens is 254 g/mol. The van der Waals surface area contributed by atoms with E-state index in [1.165, 1.54) is 0 Å². The van der Waals surface area contributed by atoms with Crippen molar-refractivity contribution in [1.29, 1.82) is 0 Å². The first-order valence-electron chi connectivity index (χ1n) is 7.05. The first kappa shape index (κ1) is 13.2. The number of likely N-dealkylation sites (tertiary alicyclic amines) is 1. The highest BCUT2D eigenvalue weighted by Gasteiger charge is 2.38. The number of benzene rings is 1. The number of nitrogens with zero attached hydrogens (tertiary/aromatic N) is 1. The summed E-state index contributed by atoms with van der Waals surface area (Å²) < 4.78 is 5.90. The van der Waals surface area contributed by atoms with Crippen molar-refractivity contribution in [2.45, 2.75) is 32.4 Å². The second-order valence-corrected chi connectivity index (χ2v) is 5.57. The van der Waals surface area contributed by atoms with Crippen molar-refractivity contribution in [2.75, 3.05) is 6.54 Å². The summed E-state index contributed by atoms with van der Waals surface area (Å²) in [7, 11) is 0. The van der Waals surface area contributed by atoms with Gasteiger partial charge in [-0.2, -0.15) is 0 Å². The molecule has 4 heteroatoms. The van der Waals surface area contributed by atoms with Gasteiger partial charge in [0, 0.05) is 18.0 Å². The zero-order valence-electron chi connectivity index (χ0n) is 11.7. The monoisotopic (exact) mass is 273 g/mol. The highest BCUT2D eigenvalue weighted by atomic mass is 16.4. The van der Waals surface area contributed by atoms with Gasteiger partial charge < -0.3 is 9.52 Å². The zero-order chi connectivity index (χ0) is 14.3. The van der Waals surface area contributed by atoms with Gasteiger partial charge in [-0.25, -0.2) is 0 Å². The van der Waals surface area contributed by atoms with Gasteiger partial charge in [-0.15, -0.1) is 0 Å². The van der Waals surface area contributed by atoms with E-state index in [2.05, 4.69) is 17.9 Å². The molecule has 0 radical (unpaired) electrons. The number of aliphatic carboxylic acids is 1. The fraction of sp³-hybridized carbons (Fsp3) is 0.438. The van der Waals surface area contributed by atoms with E-state index in [-0.39, 0.29) is 18.0 Å². The molecule has 2 aromatic rings. The van der Waals surface area contributed by atoms with Crippen molar-refractivity contribution in [1.82, 2.24) is 4.90 Å². The van der Waals surface area contributed by atoms with Crippen molar-refractivity contribution in [3.05, 3.63) is 36.1 Å². The quantitative estimate of drug-likeness (QED) is 0.932. The summed E-state index contributed by atoms with van der Waals surface area (Å²) in [5, 5.41) is 10.3. The molecule has 0 spiro atoms. The fourth-order valence-corrected chi connectivity index (χ4v) is 3.21. The SMILES string of the molecule is CC(c1cc2ccccc2o1)N1CCC(C(=O)O)C1C. The van der Waals surface area contributed by atoms with Gasteiger partial charge in [0.15, 0.2) is 0 Å². The maximum Gasteiger partial charge on any atom is 0.308 e. The lowest BCUT2D eigenvalue weighted by molar-refractivity contribution is -0.142. The summed E-state index contributed by atoms with van der Waals surface area (Å²) >= 11 is 0. The van der Waals surface area contributed by atoms with Crippen molar-refractivity contribution in [3.8, 4) is 0 Å². The lowest BCUT2D eigenvalue weighted by Gasteiger charge is -2.28. The van der Waals surface area contributed by atoms with E-state index in [1.54, 1.807) is 0 Å². The second kappa shape index (κ2) is 4.94. The molecule has 1 fully saturated rings. The average Bonchev–Trinajstić information content (AvgIpc) is 3.01. The molecule has 20 heavy (non-hydrogen) atoms. The molecule has 4 nitrogen and oxygen atoms in total. The van der Waals surface area contributed by atoms with Crippen LogP contribution in [0.25, 0.3) is 11.0 Å². The lowest BCUT2D eigenvalue weighted by Crippen LogP contribution is -2.34. The molecule has 1 N–H and O–H groups in total. The molecule has 1 aromatic heterocycles. The molecule has 0 bridgehead atoms. The Morgan fingerprint density at radius 1 is 1.45 bits per heavy atom. The molecule has 1 saturated heterocycles. The van der Waals surface area contributed by atoms with Crippen LogP contribution in [0.2, 0.25) is 0 Å². The molecule has 3 rings (SSSR count). The summed E-state index contributed by atoms with van der Waals surface area (Å²) in [4.78, 5) is 13.4. The predicted octanol–water partition coefficient (Wildman–Crippen LogP) is 3.29. The van der Waals surface area contributed by atoms with Gasteiger partial charge in [-0.05, 0) is 32.4 Å². The molecule has 106 valence electrons. The summed E-state index contributed by atoms with van der Waals surface area (Å²) in [6, 6.07) is 10.1. The number of hydrogen-bond donors (Lipinski definition) is 1. The average molecular weight is 273 g/mol. The lowest BCUT2D eigenvalue weighted by atomic mass is 10.0. The molecule has 2 heterocycles. The molecule has 0 aliphatic carbocycles. The number of furan rings is 1. The molecule has 1 aromatic carbocycles. The maximum absolute atomic E-state index is 11.2. The van der Waals surface area contributed by atoms with Crippen LogP contribution in [0.1, 0.15) is 32.1 Å². The van der Waals surface area contributed by atoms with Crippen molar-refractivity contribution in [2.24, 2.45) is 5.92 Å². The van der Waals surface area contributed by atoms with Gasteiger partial charge in [0.2, 0.25) is 0 Å². The van der Waals surface area contributed by atoms with E-state index in [0.717, 1.165) is 23.3 Å². The number of rotatable bonds is 3. The minimum atomic E-state index is -0.697. The van der Waals surface area contributed by atoms with Crippen LogP contribution in [-0.2, 0) is 4.79 Å². The fourth-order valence-electron chi connectivity index (χ4n) is 3.21. The molecule has 0 saturated carbocycles. The molecule has 1 aliphatic rings. The molecule has 0 amide bonds. The number of carbonyl (C=O) groups is 1. The summed E-state index contributed by atoms with van der Waals surface area (Å²) in [5.41, 5.74) is 0.885. The van der Waals surface area contributed by atoms with E-state index in [0.29, 0.717) is 6.42 Å². The highest BCUT2D eigenvalue weighted by molar-refractivity contribution is 5.77. The second-order valence-electron chi connectivity index (χ2n) is 5.57. The minimum absolute atomic E-state index is 0.0377. The van der Waals surface area contributed by atoms with Crippen LogP contribution in [0.5, 0.6) is 0 Å². The van der Waals surface area contributed by atoms with Crippen LogP contribution in [0, 0.1) is 5.92 Å². The predicted molar refractivity (Wildman–Crippen MR) is 76.5 cm³/mol. The van der Waals surface area contributed by atoms with Crippen molar-refractivity contribution in [3.63, 3.8) is 0 Å². The van der Waals surface area contributed by atoms with Crippen LogP contribution in [0.4, 0.5) is 0 Å². The Morgan fingerprint density at radius 3 is 2.85 bits per heavy atom. The van der Waals surface area contributed by atoms with E-state index >= 15 is 0 Å². The van der Waals surface area contributed by atoms with Gasteiger partial charge in [0.25, 0.3) is 0 Å². The van der Waals surface area contributed by atoms with E-state index in [4.69, 9.17) is 4.42 Å². The minimum Gasteiger partial charge on any atom is -0.481 e. The Labute approximate surface area is 118 Å². The molecule has 1 aliphatic heterocycles. The van der Waals surface area contributed by atoms with Gasteiger partial charge in [-0.3, -0.25) is 9.69 Å². The smallest absolute Gasteiger partial charge is 0.308 e. The van der Waals surface area contributed by atoms with Gasteiger partial charge in [0.05, 0.1) is 12.0 Å². The van der Waals surface area contributed by atoms with Crippen LogP contribution in [-0.4, -0.2) is 28.6 Å². The van der Waals surface area contributed by atoms with Crippen LogP contribution in [0.3, 0.4) is 0 Å². The van der Waals surface area contributed by atoms with Gasteiger partial charge in [-0.1, -0.05) is 18.2 Å². The third-order valence-electron chi connectivity index (χ3n) is 4.47. The number of hydrogen-bond acceptors (Lipinski definition) is 3. The molecule has 3 atom stereocenters. The third kappa shape index (κ3) is 2.10. The van der Waals surface area contributed by atoms with Crippen LogP contribution in [0.15, 0.2) is 34.7 Å². The van der Waals surface area contributed by atoms with Crippen molar-refractivity contribution >= 4 is 16.9 Å². The largest absolute Gasteiger partial charge is 0.481 e. The first-order chi connectivity index (χ1) is 9.58. The van der Waals surface area contributed by atoms with Gasteiger partial charge >= 0.3 is 5.97 Å². The van der Waals surface area contributed by atoms with Crippen molar-refractivity contribution < 1.29 is 14.3 Å².